The number of carbonyl (C=O) groups excluding carboxylic acids is 1. The highest BCUT2D eigenvalue weighted by Gasteiger charge is 2.21. The standard InChI is InChI=1S/C21H15F2N3O3S/c22-13-3-4-16(14(23)9-13)26-20(10-15(25-26)17-2-1-6-29-17)24-21(27)19-8-12-11-28-7-5-18(12)30-19/h1-4,6,8-10H,5,7,11H2,(H,24,27). The summed E-state index contributed by atoms with van der Waals surface area (Å²) in [6, 6.07) is 9.95. The van der Waals surface area contributed by atoms with E-state index in [4.69, 9.17) is 9.15 Å². The first-order valence-corrected chi connectivity index (χ1v) is 10.0. The number of thiophene rings is 1. The predicted octanol–water partition coefficient (Wildman–Crippen LogP) is 4.80. The molecule has 0 fully saturated rings. The molecule has 1 aliphatic rings. The smallest absolute Gasteiger partial charge is 0.266 e. The molecule has 0 aliphatic carbocycles. The third kappa shape index (κ3) is 3.42. The van der Waals surface area contributed by atoms with Crippen LogP contribution in [-0.4, -0.2) is 22.3 Å². The number of anilines is 1. The number of halogens is 2. The van der Waals surface area contributed by atoms with Crippen molar-refractivity contribution in [3.8, 4) is 17.1 Å². The number of nitrogens with one attached hydrogen (secondary N) is 1. The van der Waals surface area contributed by atoms with Crippen molar-refractivity contribution in [3.63, 3.8) is 0 Å². The Morgan fingerprint density at radius 3 is 2.87 bits per heavy atom. The maximum absolute atomic E-state index is 14.4. The van der Waals surface area contributed by atoms with E-state index in [-0.39, 0.29) is 17.4 Å². The van der Waals surface area contributed by atoms with Gasteiger partial charge in [-0.05, 0) is 35.9 Å². The number of carbonyl (C=O) groups is 1. The van der Waals surface area contributed by atoms with Crippen molar-refractivity contribution in [3.05, 3.63) is 75.7 Å². The summed E-state index contributed by atoms with van der Waals surface area (Å²) in [5.74, 6) is -1.16. The molecule has 0 atom stereocenters. The van der Waals surface area contributed by atoms with E-state index in [2.05, 4.69) is 10.4 Å². The molecule has 3 aromatic heterocycles. The summed E-state index contributed by atoms with van der Waals surface area (Å²) < 4.78 is 39.8. The fourth-order valence-corrected chi connectivity index (χ4v) is 4.33. The average Bonchev–Trinajstić information content (AvgIpc) is 3.47. The molecule has 0 spiro atoms. The van der Waals surface area contributed by atoms with Gasteiger partial charge in [0.1, 0.15) is 23.0 Å². The summed E-state index contributed by atoms with van der Waals surface area (Å²) in [5.41, 5.74) is 1.41. The fourth-order valence-electron chi connectivity index (χ4n) is 3.29. The Bertz CT molecular complexity index is 1210. The Balaban J connectivity index is 1.53. The molecule has 4 aromatic rings. The Morgan fingerprint density at radius 1 is 1.20 bits per heavy atom. The Hall–Kier alpha value is -3.30. The van der Waals surface area contributed by atoms with E-state index in [0.717, 1.165) is 29.0 Å². The van der Waals surface area contributed by atoms with E-state index >= 15 is 0 Å². The van der Waals surface area contributed by atoms with E-state index < -0.39 is 11.6 Å². The molecular formula is C21H15F2N3O3S. The number of hydrogen-bond acceptors (Lipinski definition) is 5. The zero-order valence-electron chi connectivity index (χ0n) is 15.5. The lowest BCUT2D eigenvalue weighted by molar-refractivity contribution is 0.102. The molecule has 5 rings (SSSR count). The third-order valence-corrected chi connectivity index (χ3v) is 5.95. The Labute approximate surface area is 173 Å². The van der Waals surface area contributed by atoms with Crippen LogP contribution in [0.5, 0.6) is 0 Å². The van der Waals surface area contributed by atoms with Crippen LogP contribution in [-0.2, 0) is 17.8 Å². The van der Waals surface area contributed by atoms with E-state index in [9.17, 15) is 13.6 Å². The number of ether oxygens (including phenoxy) is 1. The summed E-state index contributed by atoms with van der Waals surface area (Å²) in [4.78, 5) is 14.5. The van der Waals surface area contributed by atoms with Crippen LogP contribution in [0.1, 0.15) is 20.1 Å². The van der Waals surface area contributed by atoms with Crippen molar-refractivity contribution in [2.45, 2.75) is 13.0 Å². The summed E-state index contributed by atoms with van der Waals surface area (Å²) in [7, 11) is 0. The molecule has 0 saturated carbocycles. The number of furan rings is 1. The van der Waals surface area contributed by atoms with E-state index in [0.29, 0.717) is 29.5 Å². The minimum Gasteiger partial charge on any atom is -0.463 e. The molecule has 1 aliphatic heterocycles. The zero-order valence-corrected chi connectivity index (χ0v) is 16.3. The highest BCUT2D eigenvalue weighted by atomic mass is 32.1. The number of benzene rings is 1. The van der Waals surface area contributed by atoms with Crippen molar-refractivity contribution in [2.24, 2.45) is 0 Å². The second-order valence-corrected chi connectivity index (χ2v) is 7.85. The van der Waals surface area contributed by atoms with Crippen LogP contribution in [0.15, 0.2) is 53.1 Å². The van der Waals surface area contributed by atoms with Crippen LogP contribution in [0.25, 0.3) is 17.1 Å². The molecule has 152 valence electrons. The first kappa shape index (κ1) is 18.7. The number of fused-ring (bicyclic) bond motifs is 1. The number of aromatic nitrogens is 2. The molecule has 1 aromatic carbocycles. The highest BCUT2D eigenvalue weighted by molar-refractivity contribution is 7.14. The second-order valence-electron chi connectivity index (χ2n) is 6.72. The molecule has 0 radical (unpaired) electrons. The van der Waals surface area contributed by atoms with Gasteiger partial charge in [0, 0.05) is 23.4 Å². The van der Waals surface area contributed by atoms with Gasteiger partial charge in [0.05, 0.1) is 24.4 Å². The van der Waals surface area contributed by atoms with E-state index in [1.807, 2.05) is 0 Å². The maximum atomic E-state index is 14.4. The molecule has 0 bridgehead atoms. The zero-order chi connectivity index (χ0) is 20.7. The lowest BCUT2D eigenvalue weighted by Crippen LogP contribution is -2.14. The van der Waals surface area contributed by atoms with Gasteiger partial charge in [-0.25, -0.2) is 13.5 Å². The monoisotopic (exact) mass is 427 g/mol. The minimum atomic E-state index is -0.802. The lowest BCUT2D eigenvalue weighted by atomic mass is 10.2. The van der Waals surface area contributed by atoms with Gasteiger partial charge in [0.15, 0.2) is 11.6 Å². The lowest BCUT2D eigenvalue weighted by Gasteiger charge is -2.10. The number of nitrogens with zero attached hydrogens (tertiary/aromatic N) is 2. The summed E-state index contributed by atoms with van der Waals surface area (Å²) in [5, 5.41) is 7.14. The number of amides is 1. The largest absolute Gasteiger partial charge is 0.463 e. The molecule has 9 heteroatoms. The number of hydrogen-bond donors (Lipinski definition) is 1. The first-order valence-electron chi connectivity index (χ1n) is 9.18. The van der Waals surface area contributed by atoms with Gasteiger partial charge in [0.2, 0.25) is 0 Å². The van der Waals surface area contributed by atoms with Crippen molar-refractivity contribution < 1.29 is 22.7 Å². The van der Waals surface area contributed by atoms with Gasteiger partial charge in [0.25, 0.3) is 5.91 Å². The summed E-state index contributed by atoms with van der Waals surface area (Å²) in [6.45, 7) is 1.12. The molecule has 30 heavy (non-hydrogen) atoms. The molecule has 4 heterocycles. The third-order valence-electron chi connectivity index (χ3n) is 4.71. The van der Waals surface area contributed by atoms with Crippen molar-refractivity contribution in [2.75, 3.05) is 11.9 Å². The molecule has 0 unspecified atom stereocenters. The topological polar surface area (TPSA) is 69.3 Å². The highest BCUT2D eigenvalue weighted by Crippen LogP contribution is 2.30. The average molecular weight is 427 g/mol. The molecule has 6 nitrogen and oxygen atoms in total. The van der Waals surface area contributed by atoms with Crippen molar-refractivity contribution in [1.82, 2.24) is 9.78 Å². The predicted molar refractivity (Wildman–Crippen MR) is 107 cm³/mol. The molecular weight excluding hydrogens is 412 g/mol. The van der Waals surface area contributed by atoms with Gasteiger partial charge in [-0.1, -0.05) is 0 Å². The minimum absolute atomic E-state index is 0.00313. The van der Waals surface area contributed by atoms with Crippen LogP contribution in [0.3, 0.4) is 0 Å². The Kier molecular flexibility index (Phi) is 4.68. The van der Waals surface area contributed by atoms with E-state index in [1.54, 1.807) is 24.3 Å². The Morgan fingerprint density at radius 2 is 2.10 bits per heavy atom. The molecule has 1 N–H and O–H groups in total. The van der Waals surface area contributed by atoms with Gasteiger partial charge < -0.3 is 14.5 Å². The number of rotatable bonds is 4. The normalized spacial score (nSPS) is 13.3. The van der Waals surface area contributed by atoms with Crippen molar-refractivity contribution >= 4 is 23.1 Å². The van der Waals surface area contributed by atoms with Gasteiger partial charge in [-0.3, -0.25) is 4.79 Å². The SMILES string of the molecule is O=C(Nc1cc(-c2ccco2)nn1-c1ccc(F)cc1F)c1cc2c(s1)CCOC2. The van der Waals surface area contributed by atoms with Crippen LogP contribution >= 0.6 is 11.3 Å². The van der Waals surface area contributed by atoms with Crippen LogP contribution in [0, 0.1) is 11.6 Å². The maximum Gasteiger partial charge on any atom is 0.266 e. The first-order chi connectivity index (χ1) is 14.6. The summed E-state index contributed by atoms with van der Waals surface area (Å²) in [6.07, 6.45) is 2.26. The summed E-state index contributed by atoms with van der Waals surface area (Å²) >= 11 is 1.41. The van der Waals surface area contributed by atoms with Crippen LogP contribution < -0.4 is 5.32 Å². The fraction of sp³-hybridized carbons (Fsp3) is 0.143. The molecule has 0 saturated heterocycles. The van der Waals surface area contributed by atoms with Gasteiger partial charge in [-0.15, -0.1) is 11.3 Å². The van der Waals surface area contributed by atoms with E-state index in [1.165, 1.54) is 28.3 Å². The van der Waals surface area contributed by atoms with Crippen LogP contribution in [0.4, 0.5) is 14.6 Å². The molecule has 1 amide bonds. The van der Waals surface area contributed by atoms with Gasteiger partial charge in [-0.2, -0.15) is 5.10 Å². The second kappa shape index (κ2) is 7.51. The van der Waals surface area contributed by atoms with Crippen molar-refractivity contribution in [1.29, 1.82) is 0 Å². The van der Waals surface area contributed by atoms with Gasteiger partial charge >= 0.3 is 0 Å². The van der Waals surface area contributed by atoms with Crippen LogP contribution in [0.2, 0.25) is 0 Å². The quantitative estimate of drug-likeness (QED) is 0.508.